The lowest BCUT2D eigenvalue weighted by Crippen LogP contribution is -2.33. The van der Waals surface area contributed by atoms with Crippen LogP contribution >= 0.6 is 0 Å². The van der Waals surface area contributed by atoms with Gasteiger partial charge in [-0.3, -0.25) is 9.36 Å². The molecule has 160 valence electrons. The molecule has 1 aliphatic heterocycles. The summed E-state index contributed by atoms with van der Waals surface area (Å²) in [6, 6.07) is 17.2. The zero-order valence-corrected chi connectivity index (χ0v) is 17.8. The number of hydrogen-bond acceptors (Lipinski definition) is 6. The van der Waals surface area contributed by atoms with Gasteiger partial charge in [-0.2, -0.15) is 8.42 Å². The Kier molecular flexibility index (Phi) is 4.56. The highest BCUT2D eigenvalue weighted by Gasteiger charge is 2.29. The summed E-state index contributed by atoms with van der Waals surface area (Å²) in [5.74, 6) is -0.601. The van der Waals surface area contributed by atoms with Crippen LogP contribution in [0.2, 0.25) is 0 Å². The monoisotopic (exact) mass is 446 g/mol. The van der Waals surface area contributed by atoms with E-state index in [4.69, 9.17) is 0 Å². The van der Waals surface area contributed by atoms with Crippen LogP contribution in [0.5, 0.6) is 5.75 Å². The summed E-state index contributed by atoms with van der Waals surface area (Å²) in [5, 5.41) is 14.2. The first-order valence-corrected chi connectivity index (χ1v) is 11.3. The Morgan fingerprint density at radius 1 is 1.03 bits per heavy atom. The number of sulfonamides is 1. The van der Waals surface area contributed by atoms with Crippen LogP contribution in [0.25, 0.3) is 11.0 Å². The standard InChI is InChI=1S/C23H18N4O4S/c1-14-7-2-3-8-15(14)13-27-22-16(9-6-12-24-22)20(28)19(23(27)29)21-25-17-10-4-5-11-18(17)32(30,31)26-21/h2-12,28H,13H2,1H3,(H,25,26). The van der Waals surface area contributed by atoms with Gasteiger partial charge in [0.1, 0.15) is 21.9 Å². The van der Waals surface area contributed by atoms with E-state index < -0.39 is 15.6 Å². The molecule has 0 saturated heterocycles. The van der Waals surface area contributed by atoms with Gasteiger partial charge in [0, 0.05) is 6.20 Å². The van der Waals surface area contributed by atoms with E-state index in [2.05, 4.69) is 14.7 Å². The normalized spacial score (nSPS) is 14.5. The van der Waals surface area contributed by atoms with Gasteiger partial charge in [0.15, 0.2) is 5.84 Å². The van der Waals surface area contributed by atoms with E-state index in [-0.39, 0.29) is 34.3 Å². The molecule has 32 heavy (non-hydrogen) atoms. The number of amidine groups is 1. The highest BCUT2D eigenvalue weighted by atomic mass is 32.2. The highest BCUT2D eigenvalue weighted by molar-refractivity contribution is 7.90. The molecule has 0 radical (unpaired) electrons. The Hall–Kier alpha value is -3.98. The fourth-order valence-corrected chi connectivity index (χ4v) is 4.93. The predicted octanol–water partition coefficient (Wildman–Crippen LogP) is 3.02. The maximum atomic E-state index is 13.6. The summed E-state index contributed by atoms with van der Waals surface area (Å²) in [6.07, 6.45) is 1.53. The van der Waals surface area contributed by atoms with Gasteiger partial charge in [-0.15, -0.1) is 4.40 Å². The van der Waals surface area contributed by atoms with E-state index in [0.29, 0.717) is 11.0 Å². The molecule has 2 aromatic heterocycles. The third kappa shape index (κ3) is 3.14. The molecular weight excluding hydrogens is 428 g/mol. The van der Waals surface area contributed by atoms with E-state index in [1.54, 1.807) is 30.3 Å². The second-order valence-electron chi connectivity index (χ2n) is 7.45. The quantitative estimate of drug-likeness (QED) is 0.500. The smallest absolute Gasteiger partial charge is 0.286 e. The van der Waals surface area contributed by atoms with Crippen molar-refractivity contribution in [3.63, 3.8) is 0 Å². The number of aromatic nitrogens is 2. The van der Waals surface area contributed by atoms with Gasteiger partial charge in [0.2, 0.25) is 0 Å². The summed E-state index contributed by atoms with van der Waals surface area (Å²) < 4.78 is 30.7. The molecule has 0 aliphatic carbocycles. The van der Waals surface area contributed by atoms with E-state index in [1.165, 1.54) is 16.8 Å². The Balaban J connectivity index is 1.78. The Labute approximate surface area is 183 Å². The lowest BCUT2D eigenvalue weighted by molar-refractivity contribution is 0.477. The summed E-state index contributed by atoms with van der Waals surface area (Å²) in [7, 11) is -4.05. The van der Waals surface area contributed by atoms with Crippen LogP contribution in [0.4, 0.5) is 5.69 Å². The maximum absolute atomic E-state index is 13.6. The third-order valence-electron chi connectivity index (χ3n) is 5.45. The van der Waals surface area contributed by atoms with Crippen LogP contribution < -0.4 is 10.9 Å². The number of aryl methyl sites for hydroxylation is 1. The van der Waals surface area contributed by atoms with Crippen LogP contribution in [0.1, 0.15) is 16.7 Å². The number of pyridine rings is 2. The second-order valence-corrected chi connectivity index (χ2v) is 9.02. The first kappa shape index (κ1) is 20.0. The lowest BCUT2D eigenvalue weighted by Gasteiger charge is -2.20. The number of para-hydroxylation sites is 1. The number of fused-ring (bicyclic) bond motifs is 2. The van der Waals surface area contributed by atoms with E-state index >= 15 is 0 Å². The fourth-order valence-electron chi connectivity index (χ4n) is 3.80. The second kappa shape index (κ2) is 7.31. The number of anilines is 1. The molecule has 0 fully saturated rings. The van der Waals surface area contributed by atoms with Gasteiger partial charge in [-0.05, 0) is 42.3 Å². The van der Waals surface area contributed by atoms with Crippen molar-refractivity contribution in [2.24, 2.45) is 4.40 Å². The van der Waals surface area contributed by atoms with Gasteiger partial charge in [0.05, 0.1) is 17.6 Å². The molecule has 5 rings (SSSR count). The minimum atomic E-state index is -4.05. The molecule has 0 spiro atoms. The van der Waals surface area contributed by atoms with Crippen molar-refractivity contribution < 1.29 is 13.5 Å². The van der Waals surface area contributed by atoms with Crippen LogP contribution in [-0.4, -0.2) is 28.9 Å². The molecule has 3 heterocycles. The molecule has 8 nitrogen and oxygen atoms in total. The average Bonchev–Trinajstić information content (AvgIpc) is 2.77. The molecule has 0 atom stereocenters. The van der Waals surface area contributed by atoms with Crippen LogP contribution in [-0.2, 0) is 16.6 Å². The topological polar surface area (TPSA) is 114 Å². The van der Waals surface area contributed by atoms with Crippen molar-refractivity contribution in [2.45, 2.75) is 18.4 Å². The number of nitrogens with zero attached hydrogens (tertiary/aromatic N) is 3. The highest BCUT2D eigenvalue weighted by Crippen LogP contribution is 2.31. The lowest BCUT2D eigenvalue weighted by atomic mass is 10.1. The molecule has 0 bridgehead atoms. The van der Waals surface area contributed by atoms with E-state index in [9.17, 15) is 18.3 Å². The number of nitrogens with one attached hydrogen (secondary N) is 1. The SMILES string of the molecule is Cc1ccccc1Cn1c(=O)c(C2=NS(=O)(=O)c3ccccc3N2)c(O)c2cccnc21. The van der Waals surface area contributed by atoms with Gasteiger partial charge in [0.25, 0.3) is 15.6 Å². The first-order valence-electron chi connectivity index (χ1n) is 9.83. The Morgan fingerprint density at radius 3 is 2.59 bits per heavy atom. The van der Waals surface area contributed by atoms with Crippen LogP contribution in [0.3, 0.4) is 0 Å². The summed E-state index contributed by atoms with van der Waals surface area (Å²) in [4.78, 5) is 17.9. The number of rotatable bonds is 3. The minimum absolute atomic E-state index is 0.00549. The maximum Gasteiger partial charge on any atom is 0.286 e. The Bertz CT molecular complexity index is 1590. The van der Waals surface area contributed by atoms with Crippen LogP contribution in [0, 0.1) is 6.92 Å². The van der Waals surface area contributed by atoms with Gasteiger partial charge in [-0.25, -0.2) is 4.98 Å². The molecular formula is C23H18N4O4S. The van der Waals surface area contributed by atoms with E-state index in [0.717, 1.165) is 11.1 Å². The van der Waals surface area contributed by atoms with Gasteiger partial charge < -0.3 is 10.4 Å². The minimum Gasteiger partial charge on any atom is -0.506 e. The summed E-state index contributed by atoms with van der Waals surface area (Å²) >= 11 is 0. The fraction of sp³-hybridized carbons (Fsp3) is 0.0870. The third-order valence-corrected chi connectivity index (χ3v) is 6.78. The van der Waals surface area contributed by atoms with Gasteiger partial charge >= 0.3 is 0 Å². The largest absolute Gasteiger partial charge is 0.506 e. The zero-order valence-electron chi connectivity index (χ0n) is 17.0. The van der Waals surface area contributed by atoms with E-state index in [1.807, 2.05) is 31.2 Å². The molecule has 2 N–H and O–H groups in total. The average molecular weight is 446 g/mol. The van der Waals surface area contributed by atoms with Crippen molar-refractivity contribution in [1.82, 2.24) is 9.55 Å². The molecule has 2 aromatic carbocycles. The Morgan fingerprint density at radius 2 is 1.78 bits per heavy atom. The van der Waals surface area contributed by atoms with Gasteiger partial charge in [-0.1, -0.05) is 36.4 Å². The van der Waals surface area contributed by atoms with Crippen molar-refractivity contribution in [3.05, 3.63) is 93.9 Å². The van der Waals surface area contributed by atoms with Crippen molar-refractivity contribution in [3.8, 4) is 5.75 Å². The van der Waals surface area contributed by atoms with Crippen molar-refractivity contribution in [1.29, 1.82) is 0 Å². The molecule has 0 amide bonds. The van der Waals surface area contributed by atoms with Crippen molar-refractivity contribution >= 4 is 32.6 Å². The zero-order chi connectivity index (χ0) is 22.5. The molecule has 1 aliphatic rings. The molecule has 9 heteroatoms. The number of benzene rings is 2. The molecule has 0 unspecified atom stereocenters. The predicted molar refractivity (Wildman–Crippen MR) is 122 cm³/mol. The van der Waals surface area contributed by atoms with Crippen LogP contribution in [0.15, 0.2) is 80.9 Å². The van der Waals surface area contributed by atoms with Crippen molar-refractivity contribution in [2.75, 3.05) is 5.32 Å². The molecule has 4 aromatic rings. The first-order chi connectivity index (χ1) is 15.4. The number of hydrogen-bond donors (Lipinski definition) is 2. The number of aromatic hydroxyl groups is 1. The summed E-state index contributed by atoms with van der Waals surface area (Å²) in [6.45, 7) is 2.14. The molecule has 0 saturated carbocycles. The summed E-state index contributed by atoms with van der Waals surface area (Å²) in [5.41, 5.74) is 1.64.